The largest absolute Gasteiger partial charge is 0.0778 e. The molecule has 0 heteroatoms. The van der Waals surface area contributed by atoms with Crippen LogP contribution in [0.3, 0.4) is 0 Å². The van der Waals surface area contributed by atoms with Crippen LogP contribution in [0.15, 0.2) is 11.1 Å². The Bertz CT molecular complexity index is 364. The summed E-state index contributed by atoms with van der Waals surface area (Å²) in [5.41, 5.74) is 4.21. The highest BCUT2D eigenvalue weighted by molar-refractivity contribution is 5.02. The fraction of sp³-hybridized carbons (Fsp3) is 0.935. The van der Waals surface area contributed by atoms with E-state index in [4.69, 9.17) is 0 Å². The minimum Gasteiger partial charge on any atom is -0.0778 e. The lowest BCUT2D eigenvalue weighted by molar-refractivity contribution is 0.0737. The molecule has 0 atom stereocenters. The third kappa shape index (κ3) is 24.2. The van der Waals surface area contributed by atoms with Crippen molar-refractivity contribution in [2.24, 2.45) is 34.0 Å². The average Bonchev–Trinajstić information content (AvgIpc) is 2.55. The Balaban J connectivity index is -0.0000000984. The Morgan fingerprint density at radius 3 is 0.677 bits per heavy atom. The zero-order valence-electron chi connectivity index (χ0n) is 26.6. The van der Waals surface area contributed by atoms with Gasteiger partial charge in [-0.3, -0.25) is 0 Å². The van der Waals surface area contributed by atoms with E-state index in [1.807, 2.05) is 0 Å². The highest BCUT2D eigenvalue weighted by Gasteiger charge is 2.35. The monoisotopic (exact) mass is 443 g/mol. The van der Waals surface area contributed by atoms with Gasteiger partial charge in [0.15, 0.2) is 0 Å². The predicted octanol–water partition coefficient (Wildman–Crippen LogP) is 12.2. The van der Waals surface area contributed by atoms with Crippen molar-refractivity contribution in [2.75, 3.05) is 0 Å². The Morgan fingerprint density at radius 2 is 0.677 bits per heavy atom. The molecule has 0 heterocycles. The standard InChI is InChI=1S/C10H22.C9H20.C6H12.2C3H8/c1-8(2)10(6,7)9(3,4)5;1-7(2)9(5,6)8(3)4;1-5(2)6(3)4;2*1-3-2/h8H,1-7H3;7-8H,1-6H3;1-4H3;2*3H2,1-2H3. The molecule has 0 nitrogen and oxygen atoms in total. The maximum absolute atomic E-state index is 2.34. The van der Waals surface area contributed by atoms with Crippen molar-refractivity contribution >= 4 is 0 Å². The van der Waals surface area contributed by atoms with E-state index in [0.717, 1.165) is 17.8 Å². The smallest absolute Gasteiger partial charge is 0.0283 e. The molecule has 0 amide bonds. The summed E-state index contributed by atoms with van der Waals surface area (Å²) < 4.78 is 0. The minimum absolute atomic E-state index is 0.418. The van der Waals surface area contributed by atoms with Crippen molar-refractivity contribution in [1.82, 2.24) is 0 Å². The van der Waals surface area contributed by atoms with Gasteiger partial charge in [0, 0.05) is 0 Å². The van der Waals surface area contributed by atoms with E-state index < -0.39 is 0 Å². The number of hydrogen-bond acceptors (Lipinski definition) is 0. The van der Waals surface area contributed by atoms with Crippen molar-refractivity contribution in [3.05, 3.63) is 11.1 Å². The first-order valence-corrected chi connectivity index (χ1v) is 13.2. The molecule has 0 radical (unpaired) electrons. The van der Waals surface area contributed by atoms with Crippen LogP contribution in [0.2, 0.25) is 0 Å². The van der Waals surface area contributed by atoms with Gasteiger partial charge in [-0.1, -0.05) is 142 Å². The second-order valence-electron chi connectivity index (χ2n) is 12.7. The van der Waals surface area contributed by atoms with Gasteiger partial charge < -0.3 is 0 Å². The van der Waals surface area contributed by atoms with Crippen molar-refractivity contribution in [1.29, 1.82) is 0 Å². The lowest BCUT2D eigenvalue weighted by Crippen LogP contribution is -2.34. The zero-order chi connectivity index (χ0) is 26.8. The lowest BCUT2D eigenvalue weighted by Gasteiger charge is -2.42. The van der Waals surface area contributed by atoms with E-state index >= 15 is 0 Å². The number of hydrogen-bond donors (Lipinski definition) is 0. The first-order chi connectivity index (χ1) is 13.6. The fourth-order valence-electron chi connectivity index (χ4n) is 1.53. The van der Waals surface area contributed by atoms with E-state index in [2.05, 4.69) is 145 Å². The molecule has 0 spiro atoms. The van der Waals surface area contributed by atoms with Crippen LogP contribution in [0, 0.1) is 34.0 Å². The van der Waals surface area contributed by atoms with Crippen molar-refractivity contribution < 1.29 is 0 Å². The first kappa shape index (κ1) is 41.0. The van der Waals surface area contributed by atoms with Crippen LogP contribution in [0.4, 0.5) is 0 Å². The molecule has 0 saturated carbocycles. The van der Waals surface area contributed by atoms with Gasteiger partial charge in [0.25, 0.3) is 0 Å². The quantitative estimate of drug-likeness (QED) is 0.381. The second-order valence-corrected chi connectivity index (χ2v) is 12.7. The average molecular weight is 443 g/mol. The van der Waals surface area contributed by atoms with Crippen LogP contribution in [0.5, 0.6) is 0 Å². The third-order valence-corrected chi connectivity index (χ3v) is 7.35. The summed E-state index contributed by atoms with van der Waals surface area (Å²) in [6, 6.07) is 0. The van der Waals surface area contributed by atoms with E-state index in [0.29, 0.717) is 16.2 Å². The van der Waals surface area contributed by atoms with Gasteiger partial charge in [-0.15, -0.1) is 0 Å². The highest BCUT2D eigenvalue weighted by atomic mass is 14.4. The van der Waals surface area contributed by atoms with Crippen LogP contribution < -0.4 is 0 Å². The van der Waals surface area contributed by atoms with Crippen LogP contribution in [0.25, 0.3) is 0 Å². The number of allylic oxidation sites excluding steroid dienone is 2. The molecule has 0 aliphatic rings. The number of rotatable bonds is 3. The Labute approximate surface area is 203 Å². The first-order valence-electron chi connectivity index (χ1n) is 13.2. The van der Waals surface area contributed by atoms with Crippen molar-refractivity contribution in [3.8, 4) is 0 Å². The van der Waals surface area contributed by atoms with E-state index in [1.165, 1.54) is 24.0 Å². The molecule has 0 aromatic heterocycles. The van der Waals surface area contributed by atoms with Gasteiger partial charge in [0.05, 0.1) is 0 Å². The molecular weight excluding hydrogens is 372 g/mol. The molecular formula is C31H70. The lowest BCUT2D eigenvalue weighted by atomic mass is 9.63. The van der Waals surface area contributed by atoms with Gasteiger partial charge in [-0.25, -0.2) is 0 Å². The molecule has 0 unspecified atom stereocenters. The van der Waals surface area contributed by atoms with E-state index in [1.54, 1.807) is 0 Å². The molecule has 0 aliphatic carbocycles. The third-order valence-electron chi connectivity index (χ3n) is 7.35. The summed E-state index contributed by atoms with van der Waals surface area (Å²) in [7, 11) is 0. The maximum Gasteiger partial charge on any atom is -0.0283 e. The van der Waals surface area contributed by atoms with Crippen LogP contribution in [-0.2, 0) is 0 Å². The SMILES string of the molecule is CC(C)=C(C)C.CC(C)C(C)(C)C(C)(C)C.CC(C)C(C)(C)C(C)C.CCC.CCC. The van der Waals surface area contributed by atoms with Gasteiger partial charge >= 0.3 is 0 Å². The van der Waals surface area contributed by atoms with Gasteiger partial charge in [0.2, 0.25) is 0 Å². The second kappa shape index (κ2) is 20.4. The summed E-state index contributed by atoms with van der Waals surface area (Å²) in [6.07, 6.45) is 2.50. The Kier molecular flexibility index (Phi) is 26.9. The molecule has 0 aliphatic heterocycles. The summed E-state index contributed by atoms with van der Waals surface area (Å²) >= 11 is 0. The van der Waals surface area contributed by atoms with Gasteiger partial charge in [-0.2, -0.15) is 0 Å². The normalized spacial score (nSPS) is 11.2. The van der Waals surface area contributed by atoms with Crippen LogP contribution >= 0.6 is 0 Å². The topological polar surface area (TPSA) is 0 Å². The van der Waals surface area contributed by atoms with Gasteiger partial charge in [0.1, 0.15) is 0 Å². The van der Waals surface area contributed by atoms with Gasteiger partial charge in [-0.05, 0) is 61.7 Å². The molecule has 0 bridgehead atoms. The predicted molar refractivity (Wildman–Crippen MR) is 153 cm³/mol. The molecule has 0 N–H and O–H groups in total. The molecule has 0 aromatic rings. The minimum atomic E-state index is 0.418. The maximum atomic E-state index is 2.34. The van der Waals surface area contributed by atoms with Crippen molar-refractivity contribution in [3.63, 3.8) is 0 Å². The molecule has 194 valence electrons. The van der Waals surface area contributed by atoms with Crippen LogP contribution in [-0.4, -0.2) is 0 Å². The van der Waals surface area contributed by atoms with E-state index in [-0.39, 0.29) is 0 Å². The molecule has 31 heavy (non-hydrogen) atoms. The molecule has 0 rings (SSSR count). The van der Waals surface area contributed by atoms with Crippen LogP contribution in [0.1, 0.15) is 158 Å². The summed E-state index contributed by atoms with van der Waals surface area (Å²) in [6.45, 7) is 47.0. The Morgan fingerprint density at radius 1 is 0.484 bits per heavy atom. The zero-order valence-corrected chi connectivity index (χ0v) is 26.6. The summed E-state index contributed by atoms with van der Waals surface area (Å²) in [5, 5.41) is 0. The van der Waals surface area contributed by atoms with Crippen molar-refractivity contribution in [2.45, 2.75) is 158 Å². The van der Waals surface area contributed by atoms with E-state index in [9.17, 15) is 0 Å². The summed E-state index contributed by atoms with van der Waals surface area (Å²) in [4.78, 5) is 0. The molecule has 0 aromatic carbocycles. The molecule has 0 saturated heterocycles. The highest BCUT2D eigenvalue weighted by Crippen LogP contribution is 2.43. The molecule has 0 fully saturated rings. The fourth-order valence-corrected chi connectivity index (χ4v) is 1.53. The summed E-state index contributed by atoms with van der Waals surface area (Å²) in [5.74, 6) is 2.34. The Hall–Kier alpha value is -0.260.